The first kappa shape index (κ1) is 15.2. The van der Waals surface area contributed by atoms with Crippen molar-refractivity contribution in [1.82, 2.24) is 9.21 Å². The predicted molar refractivity (Wildman–Crippen MR) is 71.6 cm³/mol. The van der Waals surface area contributed by atoms with E-state index in [0.717, 1.165) is 36.5 Å². The summed E-state index contributed by atoms with van der Waals surface area (Å²) in [5.41, 5.74) is 0. The number of nitrogens with zero attached hydrogens (tertiary/aromatic N) is 2. The topological polar surface area (TPSA) is 57.7 Å². The minimum Gasteiger partial charge on any atom is -0.341 e. The van der Waals surface area contributed by atoms with Crippen LogP contribution in [0.3, 0.4) is 0 Å². The van der Waals surface area contributed by atoms with Gasteiger partial charge in [-0.25, -0.2) is 8.42 Å². The van der Waals surface area contributed by atoms with E-state index in [4.69, 9.17) is 0 Å². The molecule has 1 heterocycles. The van der Waals surface area contributed by atoms with Gasteiger partial charge in [0.2, 0.25) is 15.9 Å². The van der Waals surface area contributed by atoms with E-state index in [-0.39, 0.29) is 19.0 Å². The molecule has 0 aromatic rings. The lowest BCUT2D eigenvalue weighted by Crippen LogP contribution is -2.46. The molecule has 1 aliphatic heterocycles. The van der Waals surface area contributed by atoms with Crippen LogP contribution in [0.4, 0.5) is 0 Å². The summed E-state index contributed by atoms with van der Waals surface area (Å²) in [5, 5.41) is 0. The molecule has 1 fully saturated rings. The molecule has 0 aromatic heterocycles. The van der Waals surface area contributed by atoms with Crippen LogP contribution in [-0.4, -0.2) is 56.0 Å². The highest BCUT2D eigenvalue weighted by Crippen LogP contribution is 2.15. The Bertz CT molecular complexity index is 406. The molecule has 1 saturated heterocycles. The average Bonchev–Trinajstić information content (AvgIpc) is 2.27. The largest absolute Gasteiger partial charge is 0.341 e. The zero-order valence-electron chi connectivity index (χ0n) is 11.1. The Morgan fingerprint density at radius 2 is 2.22 bits per heavy atom. The van der Waals surface area contributed by atoms with Gasteiger partial charge < -0.3 is 4.90 Å². The van der Waals surface area contributed by atoms with Gasteiger partial charge in [-0.05, 0) is 18.8 Å². The molecule has 1 unspecified atom stereocenters. The van der Waals surface area contributed by atoms with E-state index in [9.17, 15) is 13.2 Å². The second-order valence-electron chi connectivity index (χ2n) is 4.93. The first-order chi connectivity index (χ1) is 8.34. The maximum Gasteiger partial charge on any atom is 0.237 e. The molecule has 1 atom stereocenters. The second-order valence-corrected chi connectivity index (χ2v) is 6.91. The van der Waals surface area contributed by atoms with E-state index >= 15 is 0 Å². The molecule has 1 amide bonds. The van der Waals surface area contributed by atoms with Crippen LogP contribution < -0.4 is 0 Å². The number of hydrogen-bond donors (Lipinski definition) is 0. The summed E-state index contributed by atoms with van der Waals surface area (Å²) in [6, 6.07) is 0. The van der Waals surface area contributed by atoms with Crippen molar-refractivity contribution in [1.29, 1.82) is 0 Å². The maximum absolute atomic E-state index is 12.1. The van der Waals surface area contributed by atoms with Crippen molar-refractivity contribution in [2.24, 2.45) is 5.92 Å². The van der Waals surface area contributed by atoms with Crippen LogP contribution in [0.2, 0.25) is 0 Å². The van der Waals surface area contributed by atoms with Crippen molar-refractivity contribution in [2.45, 2.75) is 19.8 Å². The number of sulfonamides is 1. The third-order valence-electron chi connectivity index (χ3n) is 3.12. The Balaban J connectivity index is 2.63. The Morgan fingerprint density at radius 1 is 1.56 bits per heavy atom. The monoisotopic (exact) mass is 274 g/mol. The van der Waals surface area contributed by atoms with Crippen LogP contribution in [0.15, 0.2) is 12.7 Å². The van der Waals surface area contributed by atoms with Crippen LogP contribution in [0.1, 0.15) is 19.8 Å². The van der Waals surface area contributed by atoms with Gasteiger partial charge in [-0.1, -0.05) is 13.0 Å². The smallest absolute Gasteiger partial charge is 0.237 e. The van der Waals surface area contributed by atoms with Gasteiger partial charge in [-0.2, -0.15) is 4.31 Å². The standard InChI is InChI=1S/C12H22N2O3S/c1-4-7-14(18(3,16)17)10-12(15)13-8-5-6-11(2)9-13/h4,11H,1,5-10H2,2-3H3. The average molecular weight is 274 g/mol. The number of likely N-dealkylation sites (tertiary alicyclic amines) is 1. The van der Waals surface area contributed by atoms with Gasteiger partial charge in [-0.3, -0.25) is 4.79 Å². The molecule has 0 aromatic carbocycles. The van der Waals surface area contributed by atoms with Gasteiger partial charge in [0, 0.05) is 19.6 Å². The van der Waals surface area contributed by atoms with Crippen molar-refractivity contribution in [3.8, 4) is 0 Å². The van der Waals surface area contributed by atoms with E-state index < -0.39 is 10.0 Å². The van der Waals surface area contributed by atoms with Crippen molar-refractivity contribution >= 4 is 15.9 Å². The molecule has 6 heteroatoms. The van der Waals surface area contributed by atoms with Crippen LogP contribution in [-0.2, 0) is 14.8 Å². The van der Waals surface area contributed by atoms with Crippen molar-refractivity contribution in [3.05, 3.63) is 12.7 Å². The molecule has 1 aliphatic rings. The fraction of sp³-hybridized carbons (Fsp3) is 0.750. The molecule has 18 heavy (non-hydrogen) atoms. The van der Waals surface area contributed by atoms with Crippen molar-refractivity contribution in [2.75, 3.05) is 32.4 Å². The highest BCUT2D eigenvalue weighted by Gasteiger charge is 2.25. The van der Waals surface area contributed by atoms with Gasteiger partial charge in [0.1, 0.15) is 0 Å². The molecule has 0 radical (unpaired) electrons. The number of amides is 1. The predicted octanol–water partition coefficient (Wildman–Crippen LogP) is 0.693. The Morgan fingerprint density at radius 3 is 2.72 bits per heavy atom. The van der Waals surface area contributed by atoms with Crippen LogP contribution in [0, 0.1) is 5.92 Å². The number of carbonyl (C=O) groups excluding carboxylic acids is 1. The summed E-state index contributed by atoms with van der Waals surface area (Å²) < 4.78 is 24.2. The summed E-state index contributed by atoms with van der Waals surface area (Å²) in [6.07, 6.45) is 4.73. The summed E-state index contributed by atoms with van der Waals surface area (Å²) in [5.74, 6) is 0.377. The third-order valence-corrected chi connectivity index (χ3v) is 4.34. The fourth-order valence-electron chi connectivity index (χ4n) is 2.13. The van der Waals surface area contributed by atoms with Gasteiger partial charge in [0.15, 0.2) is 0 Å². The molecule has 5 nitrogen and oxygen atoms in total. The molecular weight excluding hydrogens is 252 g/mol. The molecule has 0 N–H and O–H groups in total. The Kier molecular flexibility index (Phi) is 5.34. The van der Waals surface area contributed by atoms with Gasteiger partial charge in [0.25, 0.3) is 0 Å². The van der Waals surface area contributed by atoms with Gasteiger partial charge in [0.05, 0.1) is 12.8 Å². The number of piperidine rings is 1. The van der Waals surface area contributed by atoms with Crippen molar-refractivity contribution in [3.63, 3.8) is 0 Å². The highest BCUT2D eigenvalue weighted by atomic mass is 32.2. The first-order valence-electron chi connectivity index (χ1n) is 6.18. The zero-order valence-corrected chi connectivity index (χ0v) is 11.9. The van der Waals surface area contributed by atoms with E-state index in [2.05, 4.69) is 13.5 Å². The van der Waals surface area contributed by atoms with E-state index in [1.54, 1.807) is 4.90 Å². The zero-order chi connectivity index (χ0) is 13.8. The van der Waals surface area contributed by atoms with E-state index in [1.807, 2.05) is 0 Å². The Labute approximate surface area is 110 Å². The molecule has 0 bridgehead atoms. The quantitative estimate of drug-likeness (QED) is 0.693. The van der Waals surface area contributed by atoms with E-state index in [0.29, 0.717) is 5.92 Å². The maximum atomic E-state index is 12.1. The van der Waals surface area contributed by atoms with E-state index in [1.165, 1.54) is 6.08 Å². The lowest BCUT2D eigenvalue weighted by molar-refractivity contribution is -0.133. The Hall–Kier alpha value is -0.880. The van der Waals surface area contributed by atoms with Gasteiger partial charge in [-0.15, -0.1) is 6.58 Å². The third kappa shape index (κ3) is 4.42. The van der Waals surface area contributed by atoms with Crippen molar-refractivity contribution < 1.29 is 13.2 Å². The highest BCUT2D eigenvalue weighted by molar-refractivity contribution is 7.88. The molecule has 0 spiro atoms. The summed E-state index contributed by atoms with van der Waals surface area (Å²) in [7, 11) is -3.36. The van der Waals surface area contributed by atoms with Crippen LogP contribution in [0.5, 0.6) is 0 Å². The molecule has 1 rings (SSSR count). The lowest BCUT2D eigenvalue weighted by Gasteiger charge is -2.32. The lowest BCUT2D eigenvalue weighted by atomic mass is 10.0. The number of carbonyl (C=O) groups is 1. The first-order valence-corrected chi connectivity index (χ1v) is 8.03. The fourth-order valence-corrected chi connectivity index (χ4v) is 2.85. The summed E-state index contributed by atoms with van der Waals surface area (Å²) in [6.45, 7) is 7.17. The van der Waals surface area contributed by atoms with Gasteiger partial charge >= 0.3 is 0 Å². The SMILES string of the molecule is C=CCN(CC(=O)N1CCCC(C)C1)S(C)(=O)=O. The van der Waals surface area contributed by atoms with Crippen LogP contribution >= 0.6 is 0 Å². The van der Waals surface area contributed by atoms with Crippen LogP contribution in [0.25, 0.3) is 0 Å². The summed E-state index contributed by atoms with van der Waals surface area (Å²) >= 11 is 0. The minimum absolute atomic E-state index is 0.0857. The number of hydrogen-bond acceptors (Lipinski definition) is 3. The summed E-state index contributed by atoms with van der Waals surface area (Å²) in [4.78, 5) is 13.8. The number of rotatable bonds is 5. The molecular formula is C12H22N2O3S. The minimum atomic E-state index is -3.36. The normalized spacial score (nSPS) is 21.1. The molecule has 0 saturated carbocycles. The molecule has 0 aliphatic carbocycles. The molecule has 104 valence electrons. The second kappa shape index (κ2) is 6.33.